The minimum atomic E-state index is -0.657. The smallest absolute Gasteiger partial charge is 0.376 e. The Morgan fingerprint density at radius 1 is 1.31 bits per heavy atom. The third kappa shape index (κ3) is 4.58. The number of rotatable bonds is 5. The van der Waals surface area contributed by atoms with E-state index in [2.05, 4.69) is 25.2 Å². The number of methoxy groups -OCH3 is 1. The molecule has 2 aromatic rings. The van der Waals surface area contributed by atoms with E-state index in [0.717, 1.165) is 18.7 Å². The first-order valence-electron chi connectivity index (χ1n) is 11.5. The molecule has 0 aliphatic carbocycles. The quantitative estimate of drug-likeness (QED) is 0.630. The summed E-state index contributed by atoms with van der Waals surface area (Å²) in [5, 5.41) is 2.84. The highest BCUT2D eigenvalue weighted by molar-refractivity contribution is 6.04. The van der Waals surface area contributed by atoms with Gasteiger partial charge in [-0.1, -0.05) is 0 Å². The first-order valence-corrected chi connectivity index (χ1v) is 11.5. The predicted molar refractivity (Wildman–Crippen MR) is 125 cm³/mol. The second kappa shape index (κ2) is 8.93. The number of aryl methyl sites for hydroxylation is 1. The molecule has 1 N–H and O–H groups in total. The summed E-state index contributed by atoms with van der Waals surface area (Å²) in [6.07, 6.45) is 2.15. The molecule has 2 fully saturated rings. The summed E-state index contributed by atoms with van der Waals surface area (Å²) < 4.78 is 21.9. The van der Waals surface area contributed by atoms with Crippen molar-refractivity contribution in [3.05, 3.63) is 29.8 Å². The Labute approximate surface area is 202 Å². The van der Waals surface area contributed by atoms with Gasteiger partial charge in [0.2, 0.25) is 5.82 Å². The number of nitrogens with zero attached hydrogens (tertiary/aromatic N) is 5. The van der Waals surface area contributed by atoms with Crippen LogP contribution in [-0.2, 0) is 14.2 Å². The van der Waals surface area contributed by atoms with Gasteiger partial charge in [-0.15, -0.1) is 0 Å². The van der Waals surface area contributed by atoms with Gasteiger partial charge in [0, 0.05) is 25.4 Å². The third-order valence-electron chi connectivity index (χ3n) is 6.17. The van der Waals surface area contributed by atoms with Crippen LogP contribution in [0.15, 0.2) is 18.3 Å². The van der Waals surface area contributed by atoms with E-state index in [1.807, 2.05) is 13.8 Å². The lowest BCUT2D eigenvalue weighted by molar-refractivity contribution is -0.141. The number of fused-ring (bicyclic) bond motifs is 4. The summed E-state index contributed by atoms with van der Waals surface area (Å²) >= 11 is 0. The molecule has 2 bridgehead atoms. The van der Waals surface area contributed by atoms with Gasteiger partial charge in [-0.3, -0.25) is 10.2 Å². The van der Waals surface area contributed by atoms with Gasteiger partial charge in [-0.25, -0.2) is 24.5 Å². The van der Waals surface area contributed by atoms with Crippen LogP contribution >= 0.6 is 0 Å². The third-order valence-corrected chi connectivity index (χ3v) is 6.17. The van der Waals surface area contributed by atoms with E-state index in [9.17, 15) is 9.59 Å². The summed E-state index contributed by atoms with van der Waals surface area (Å²) in [4.78, 5) is 42.2. The molecule has 2 amide bonds. The second-order valence-corrected chi connectivity index (χ2v) is 9.12. The van der Waals surface area contributed by atoms with Crippen molar-refractivity contribution < 1.29 is 28.5 Å². The van der Waals surface area contributed by atoms with Crippen LogP contribution in [0.3, 0.4) is 0 Å². The molecule has 2 atom stereocenters. The Morgan fingerprint density at radius 3 is 2.89 bits per heavy atom. The molecule has 12 heteroatoms. The van der Waals surface area contributed by atoms with Crippen molar-refractivity contribution in [3.8, 4) is 5.75 Å². The summed E-state index contributed by atoms with van der Waals surface area (Å²) in [7, 11) is 1.27. The van der Waals surface area contributed by atoms with Crippen LogP contribution in [-0.4, -0.2) is 78.3 Å². The van der Waals surface area contributed by atoms with Crippen molar-refractivity contribution in [2.75, 3.05) is 48.5 Å². The van der Waals surface area contributed by atoms with E-state index >= 15 is 0 Å². The summed E-state index contributed by atoms with van der Waals surface area (Å²) in [5.41, 5.74) is 1.36. The predicted octanol–water partition coefficient (Wildman–Crippen LogP) is 2.13. The zero-order valence-electron chi connectivity index (χ0n) is 20.1. The molecular weight excluding hydrogens is 456 g/mol. The van der Waals surface area contributed by atoms with Crippen molar-refractivity contribution in [1.29, 1.82) is 0 Å². The molecule has 3 aliphatic heterocycles. The maximum Gasteiger partial charge on any atom is 0.376 e. The first kappa shape index (κ1) is 23.2. The van der Waals surface area contributed by atoms with Crippen molar-refractivity contribution in [2.24, 2.45) is 0 Å². The van der Waals surface area contributed by atoms with Gasteiger partial charge in [0.1, 0.15) is 30.0 Å². The number of esters is 1. The lowest BCUT2D eigenvalue weighted by atomic mass is 10.1. The molecule has 186 valence electrons. The lowest BCUT2D eigenvalue weighted by Gasteiger charge is -2.36. The minimum absolute atomic E-state index is 0.0844. The molecule has 3 aliphatic rings. The molecule has 0 radical (unpaired) electrons. The van der Waals surface area contributed by atoms with Crippen molar-refractivity contribution in [3.63, 3.8) is 0 Å². The molecule has 35 heavy (non-hydrogen) atoms. The largest absolute Gasteiger partial charge is 0.491 e. The van der Waals surface area contributed by atoms with Crippen LogP contribution in [0.1, 0.15) is 36.6 Å². The molecule has 2 saturated heterocycles. The zero-order chi connectivity index (χ0) is 24.7. The average molecular weight is 485 g/mol. The number of ether oxygens (including phenoxy) is 4. The molecule has 0 saturated carbocycles. The molecule has 0 aromatic carbocycles. The highest BCUT2D eigenvalue weighted by Crippen LogP contribution is 2.40. The fourth-order valence-corrected chi connectivity index (χ4v) is 4.64. The standard InChI is InChI=1S/C23H28N6O6/c1-13-18-20(27-19(25-13)21(30)32-4)29(14-6-8-28(18)10-14)22(31)26-17-9-15(5-7-24-17)33-11-16-12-34-23(2,3)35-16/h5,7,9,14,16H,6,8,10-12H2,1-4H3,(H,24,26,31)/t14?,16-/m0/s1. The number of pyridine rings is 1. The first-order chi connectivity index (χ1) is 16.7. The highest BCUT2D eigenvalue weighted by Gasteiger charge is 2.42. The Kier molecular flexibility index (Phi) is 5.93. The molecule has 0 spiro atoms. The van der Waals surface area contributed by atoms with Gasteiger partial charge >= 0.3 is 12.0 Å². The Morgan fingerprint density at radius 2 is 2.14 bits per heavy atom. The fraction of sp³-hybridized carbons (Fsp3) is 0.522. The monoisotopic (exact) mass is 484 g/mol. The maximum absolute atomic E-state index is 13.4. The number of aromatic nitrogens is 3. The SMILES string of the molecule is COC(=O)c1nc(C)c2c(n1)N(C(=O)Nc1cc(OC[C@H]3COC(C)(C)O3)ccn1)C1CCN2C1. The molecule has 1 unspecified atom stereocenters. The van der Waals surface area contributed by atoms with Gasteiger partial charge in [-0.2, -0.15) is 0 Å². The molecule has 12 nitrogen and oxygen atoms in total. The van der Waals surface area contributed by atoms with E-state index in [1.54, 1.807) is 30.2 Å². The normalized spacial score (nSPS) is 22.1. The van der Waals surface area contributed by atoms with Crippen molar-refractivity contribution in [2.45, 2.75) is 45.1 Å². The number of nitrogens with one attached hydrogen (secondary N) is 1. The molecule has 5 rings (SSSR count). The number of carbonyl (C=O) groups is 2. The molecular formula is C23H28N6O6. The van der Waals surface area contributed by atoms with Crippen LogP contribution in [0, 0.1) is 6.92 Å². The van der Waals surface area contributed by atoms with E-state index in [1.165, 1.54) is 7.11 Å². The van der Waals surface area contributed by atoms with Gasteiger partial charge in [0.25, 0.3) is 0 Å². The van der Waals surface area contributed by atoms with Crippen molar-refractivity contribution in [1.82, 2.24) is 15.0 Å². The van der Waals surface area contributed by atoms with E-state index in [-0.39, 0.29) is 18.0 Å². The summed E-state index contributed by atoms with van der Waals surface area (Å²) in [6, 6.07) is 2.87. The molecule has 5 heterocycles. The van der Waals surface area contributed by atoms with Crippen LogP contribution in [0.25, 0.3) is 0 Å². The van der Waals surface area contributed by atoms with E-state index in [0.29, 0.717) is 42.8 Å². The number of urea groups is 1. The van der Waals surface area contributed by atoms with Gasteiger partial charge in [-0.05, 0) is 33.3 Å². The van der Waals surface area contributed by atoms with Crippen LogP contribution in [0.2, 0.25) is 0 Å². The Hall–Kier alpha value is -3.51. The number of anilines is 3. The van der Waals surface area contributed by atoms with Gasteiger partial charge < -0.3 is 23.8 Å². The number of carbonyl (C=O) groups excluding carboxylic acids is 2. The Bertz CT molecular complexity index is 1160. The number of hydrogen-bond donors (Lipinski definition) is 1. The summed E-state index contributed by atoms with van der Waals surface area (Å²) in [6.45, 7) is 7.71. The topological polar surface area (TPSA) is 128 Å². The van der Waals surface area contributed by atoms with Crippen LogP contribution in [0.5, 0.6) is 5.75 Å². The van der Waals surface area contributed by atoms with Gasteiger partial charge in [0.05, 0.1) is 25.5 Å². The van der Waals surface area contributed by atoms with Crippen LogP contribution < -0.4 is 19.9 Å². The number of amides is 2. The number of hydrogen-bond acceptors (Lipinski definition) is 10. The maximum atomic E-state index is 13.4. The van der Waals surface area contributed by atoms with E-state index < -0.39 is 17.8 Å². The Balaban J connectivity index is 1.34. The van der Waals surface area contributed by atoms with Gasteiger partial charge in [0.15, 0.2) is 11.6 Å². The summed E-state index contributed by atoms with van der Waals surface area (Å²) in [5.74, 6) is -0.105. The zero-order valence-corrected chi connectivity index (χ0v) is 20.1. The molecule has 2 aromatic heterocycles. The van der Waals surface area contributed by atoms with Crippen LogP contribution in [0.4, 0.5) is 22.1 Å². The lowest BCUT2D eigenvalue weighted by Crippen LogP contribution is -2.49. The average Bonchev–Trinajstić information content (AvgIpc) is 3.39. The second-order valence-electron chi connectivity index (χ2n) is 9.12. The van der Waals surface area contributed by atoms with Crippen molar-refractivity contribution >= 4 is 29.3 Å². The van der Waals surface area contributed by atoms with E-state index in [4.69, 9.17) is 18.9 Å². The minimum Gasteiger partial charge on any atom is -0.491 e. The fourth-order valence-electron chi connectivity index (χ4n) is 4.64. The highest BCUT2D eigenvalue weighted by atomic mass is 16.7.